The molecule has 0 radical (unpaired) electrons. The first-order chi connectivity index (χ1) is 12.2. The van der Waals surface area contributed by atoms with Gasteiger partial charge in [-0.1, -0.05) is 25.0 Å². The highest BCUT2D eigenvalue weighted by molar-refractivity contribution is 5.82. The largest absolute Gasteiger partial charge is 0.497 e. The van der Waals surface area contributed by atoms with Crippen LogP contribution in [0.5, 0.6) is 5.75 Å². The average molecular weight is 348 g/mol. The molecule has 1 aliphatic heterocycles. The minimum atomic E-state index is 0.00305. The van der Waals surface area contributed by atoms with Gasteiger partial charge in [-0.2, -0.15) is 0 Å². The minimum absolute atomic E-state index is 0.00305. The second-order valence-corrected chi connectivity index (χ2v) is 6.80. The average Bonchev–Trinajstić information content (AvgIpc) is 2.85. The van der Waals surface area contributed by atoms with E-state index >= 15 is 0 Å². The molecule has 5 heteroatoms. The van der Waals surface area contributed by atoms with Gasteiger partial charge in [0.1, 0.15) is 5.75 Å². The molecule has 1 amide bonds. The van der Waals surface area contributed by atoms with Gasteiger partial charge >= 0.3 is 0 Å². The van der Waals surface area contributed by atoms with Crippen LogP contribution in [0.1, 0.15) is 37.7 Å². The van der Waals surface area contributed by atoms with Gasteiger partial charge in [-0.3, -0.25) is 9.69 Å². The summed E-state index contributed by atoms with van der Waals surface area (Å²) in [6, 6.07) is 7.97. The predicted molar refractivity (Wildman–Crippen MR) is 99.8 cm³/mol. The molecule has 0 spiro atoms. The minimum Gasteiger partial charge on any atom is -0.497 e. The Kier molecular flexibility index (Phi) is 8.22. The third kappa shape index (κ3) is 6.01. The lowest BCUT2D eigenvalue weighted by atomic mass is 10.1. The van der Waals surface area contributed by atoms with Crippen LogP contribution >= 0.6 is 0 Å². The molecule has 5 nitrogen and oxygen atoms in total. The zero-order valence-electron chi connectivity index (χ0n) is 15.9. The van der Waals surface area contributed by atoms with Crippen LogP contribution in [0, 0.1) is 0 Å². The van der Waals surface area contributed by atoms with E-state index in [0.717, 1.165) is 43.7 Å². The zero-order chi connectivity index (χ0) is 18.1. The Labute approximate surface area is 151 Å². The van der Waals surface area contributed by atoms with Crippen LogP contribution in [0.3, 0.4) is 0 Å². The van der Waals surface area contributed by atoms with Gasteiger partial charge in [0.15, 0.2) is 0 Å². The lowest BCUT2D eigenvalue weighted by molar-refractivity contribution is -0.137. The highest BCUT2D eigenvalue weighted by atomic mass is 16.5. The number of amides is 1. The number of methoxy groups -OCH3 is 2. The lowest BCUT2D eigenvalue weighted by Crippen LogP contribution is -2.47. The Morgan fingerprint density at radius 3 is 2.64 bits per heavy atom. The third-order valence-corrected chi connectivity index (χ3v) is 4.93. The molecule has 0 saturated carbocycles. The Balaban J connectivity index is 2.08. The van der Waals surface area contributed by atoms with E-state index in [4.69, 9.17) is 9.47 Å². The van der Waals surface area contributed by atoms with Gasteiger partial charge in [-0.05, 0) is 50.6 Å². The lowest BCUT2D eigenvalue weighted by Gasteiger charge is -2.31. The molecule has 25 heavy (non-hydrogen) atoms. The van der Waals surface area contributed by atoms with Gasteiger partial charge < -0.3 is 14.4 Å². The van der Waals surface area contributed by atoms with Gasteiger partial charge in [0.2, 0.25) is 5.91 Å². The van der Waals surface area contributed by atoms with Crippen molar-refractivity contribution in [3.63, 3.8) is 0 Å². The summed E-state index contributed by atoms with van der Waals surface area (Å²) >= 11 is 0. The molecule has 0 bridgehead atoms. The second-order valence-electron chi connectivity index (χ2n) is 6.80. The molecule has 0 aromatic heterocycles. The monoisotopic (exact) mass is 348 g/mol. The fraction of sp³-hybridized carbons (Fsp3) is 0.650. The van der Waals surface area contributed by atoms with Crippen LogP contribution in [0.2, 0.25) is 0 Å². The predicted octanol–water partition coefficient (Wildman–Crippen LogP) is 2.93. The Bertz CT molecular complexity index is 518. The van der Waals surface area contributed by atoms with Crippen LogP contribution in [-0.2, 0) is 16.1 Å². The summed E-state index contributed by atoms with van der Waals surface area (Å²) in [5.41, 5.74) is 1.13. The normalized spacial score (nSPS) is 18.6. The van der Waals surface area contributed by atoms with Crippen molar-refractivity contribution in [2.45, 2.75) is 44.7 Å². The number of nitrogens with zero attached hydrogens (tertiary/aromatic N) is 2. The van der Waals surface area contributed by atoms with Crippen molar-refractivity contribution in [3.8, 4) is 5.75 Å². The van der Waals surface area contributed by atoms with Gasteiger partial charge in [-0.15, -0.1) is 0 Å². The van der Waals surface area contributed by atoms with Crippen LogP contribution in [0.4, 0.5) is 0 Å². The maximum atomic E-state index is 13.2. The number of carbonyl (C=O) groups excluding carboxylic acids is 1. The van der Waals surface area contributed by atoms with Crippen molar-refractivity contribution >= 4 is 5.91 Å². The number of hydrogen-bond donors (Lipinski definition) is 0. The second kappa shape index (κ2) is 10.4. The number of likely N-dealkylation sites (tertiary alicyclic amines) is 1. The zero-order valence-corrected chi connectivity index (χ0v) is 15.9. The van der Waals surface area contributed by atoms with Gasteiger partial charge in [0.25, 0.3) is 0 Å². The highest BCUT2D eigenvalue weighted by Crippen LogP contribution is 2.19. The molecule has 1 fully saturated rings. The standard InChI is InChI=1S/C20H32N2O3/c1-21-13-6-4-5-8-19(21)20(23)22(14-7-15-24-2)16-17-9-11-18(25-3)12-10-17/h9-12,19H,4-8,13-16H2,1-3H3/t19-/m1/s1. The fourth-order valence-electron chi connectivity index (χ4n) is 3.39. The Morgan fingerprint density at radius 1 is 1.20 bits per heavy atom. The van der Waals surface area contributed by atoms with E-state index in [2.05, 4.69) is 11.9 Å². The molecule has 1 saturated heterocycles. The first kappa shape index (κ1) is 19.7. The molecule has 1 aliphatic rings. The topological polar surface area (TPSA) is 42.0 Å². The number of rotatable bonds is 8. The van der Waals surface area contributed by atoms with Crippen LogP contribution in [-0.4, -0.2) is 62.7 Å². The molecule has 2 rings (SSSR count). The molecule has 0 aliphatic carbocycles. The smallest absolute Gasteiger partial charge is 0.240 e. The summed E-state index contributed by atoms with van der Waals surface area (Å²) in [5, 5.41) is 0. The molecule has 1 heterocycles. The quantitative estimate of drug-likeness (QED) is 0.678. The van der Waals surface area contributed by atoms with Crippen molar-refractivity contribution in [1.82, 2.24) is 9.80 Å². The molecular formula is C20H32N2O3. The van der Waals surface area contributed by atoms with Crippen molar-refractivity contribution < 1.29 is 14.3 Å². The summed E-state index contributed by atoms with van der Waals surface area (Å²) in [6.07, 6.45) is 5.35. The first-order valence-corrected chi connectivity index (χ1v) is 9.26. The van der Waals surface area contributed by atoms with E-state index in [0.29, 0.717) is 13.2 Å². The number of hydrogen-bond acceptors (Lipinski definition) is 4. The fourth-order valence-corrected chi connectivity index (χ4v) is 3.39. The maximum Gasteiger partial charge on any atom is 0.240 e. The summed E-state index contributed by atoms with van der Waals surface area (Å²) in [4.78, 5) is 17.4. The van der Waals surface area contributed by atoms with E-state index in [1.807, 2.05) is 29.2 Å². The Hall–Kier alpha value is -1.59. The van der Waals surface area contributed by atoms with Gasteiger partial charge in [0.05, 0.1) is 13.2 Å². The van der Waals surface area contributed by atoms with Crippen molar-refractivity contribution in [1.29, 1.82) is 0 Å². The van der Waals surface area contributed by atoms with Crippen molar-refractivity contribution in [2.24, 2.45) is 0 Å². The maximum absolute atomic E-state index is 13.2. The highest BCUT2D eigenvalue weighted by Gasteiger charge is 2.28. The molecular weight excluding hydrogens is 316 g/mol. The van der Waals surface area contributed by atoms with Crippen molar-refractivity contribution in [2.75, 3.05) is 41.0 Å². The van der Waals surface area contributed by atoms with Crippen LogP contribution in [0.15, 0.2) is 24.3 Å². The first-order valence-electron chi connectivity index (χ1n) is 9.26. The molecule has 140 valence electrons. The summed E-state index contributed by atoms with van der Waals surface area (Å²) < 4.78 is 10.4. The molecule has 0 N–H and O–H groups in total. The van der Waals surface area contributed by atoms with Crippen molar-refractivity contribution in [3.05, 3.63) is 29.8 Å². The molecule has 1 aromatic rings. The number of benzene rings is 1. The number of carbonyl (C=O) groups is 1. The summed E-state index contributed by atoms with van der Waals surface area (Å²) in [6.45, 7) is 3.04. The van der Waals surface area contributed by atoms with E-state index < -0.39 is 0 Å². The van der Waals surface area contributed by atoms with E-state index in [1.54, 1.807) is 14.2 Å². The van der Waals surface area contributed by atoms with Crippen LogP contribution < -0.4 is 4.74 Å². The SMILES string of the molecule is COCCCN(Cc1ccc(OC)cc1)C(=O)[C@H]1CCCCCN1C. The van der Waals surface area contributed by atoms with Crippen LogP contribution in [0.25, 0.3) is 0 Å². The third-order valence-electron chi connectivity index (χ3n) is 4.93. The van der Waals surface area contributed by atoms with Gasteiger partial charge in [0, 0.05) is 26.8 Å². The molecule has 0 unspecified atom stereocenters. The molecule has 1 atom stereocenters. The van der Waals surface area contributed by atoms with Gasteiger partial charge in [-0.25, -0.2) is 0 Å². The molecule has 1 aromatic carbocycles. The number of ether oxygens (including phenoxy) is 2. The number of likely N-dealkylation sites (N-methyl/N-ethyl adjacent to an activating group) is 1. The summed E-state index contributed by atoms with van der Waals surface area (Å²) in [5.74, 6) is 1.08. The van der Waals surface area contributed by atoms with E-state index in [9.17, 15) is 4.79 Å². The summed E-state index contributed by atoms with van der Waals surface area (Å²) in [7, 11) is 5.45. The Morgan fingerprint density at radius 2 is 1.96 bits per heavy atom. The van der Waals surface area contributed by atoms with E-state index in [1.165, 1.54) is 12.8 Å². The van der Waals surface area contributed by atoms with E-state index in [-0.39, 0.29) is 11.9 Å².